The first-order valence-electron chi connectivity index (χ1n) is 4.05. The van der Waals surface area contributed by atoms with Crippen molar-refractivity contribution in [2.45, 2.75) is 13.3 Å². The smallest absolute Gasteiger partial charge is 0.309 e. The Balaban J connectivity index is 0.00000169. The third kappa shape index (κ3) is 3.26. The van der Waals surface area contributed by atoms with Crippen molar-refractivity contribution in [1.29, 1.82) is 0 Å². The first-order valence-corrected chi connectivity index (χ1v) is 4.05. The maximum atomic E-state index is 10.9. The Morgan fingerprint density at radius 1 is 1.50 bits per heavy atom. The van der Waals surface area contributed by atoms with Gasteiger partial charge in [-0.2, -0.15) is 0 Å². The van der Waals surface area contributed by atoms with Crippen LogP contribution in [0.1, 0.15) is 11.1 Å². The summed E-state index contributed by atoms with van der Waals surface area (Å²) < 4.78 is 4.55. The van der Waals surface area contributed by atoms with Gasteiger partial charge in [-0.15, -0.1) is 12.4 Å². The highest BCUT2D eigenvalue weighted by Gasteiger charge is 2.03. The molecule has 0 saturated carbocycles. The first kappa shape index (κ1) is 12.8. The summed E-state index contributed by atoms with van der Waals surface area (Å²) in [6.45, 7) is 1.91. The van der Waals surface area contributed by atoms with Gasteiger partial charge in [-0.25, -0.2) is 0 Å². The van der Waals surface area contributed by atoms with Gasteiger partial charge in [0.2, 0.25) is 0 Å². The Kier molecular flexibility index (Phi) is 5.02. The number of ether oxygens (including phenoxy) is 1. The second-order valence-electron chi connectivity index (χ2n) is 2.94. The van der Waals surface area contributed by atoms with Gasteiger partial charge in [-0.1, -0.05) is 12.1 Å². The van der Waals surface area contributed by atoms with Crippen molar-refractivity contribution in [3.8, 4) is 0 Å². The molecule has 78 valence electrons. The predicted molar refractivity (Wildman–Crippen MR) is 58.6 cm³/mol. The summed E-state index contributed by atoms with van der Waals surface area (Å²) in [6.07, 6.45) is 0.303. The number of carbonyl (C=O) groups excluding carboxylic acids is 1. The number of benzene rings is 1. The number of carbonyl (C=O) groups is 1. The average Bonchev–Trinajstić information content (AvgIpc) is 2.11. The Morgan fingerprint density at radius 2 is 2.14 bits per heavy atom. The van der Waals surface area contributed by atoms with E-state index in [0.717, 1.165) is 16.8 Å². The van der Waals surface area contributed by atoms with E-state index < -0.39 is 0 Å². The van der Waals surface area contributed by atoms with Gasteiger partial charge in [0.05, 0.1) is 13.5 Å². The van der Waals surface area contributed by atoms with Gasteiger partial charge < -0.3 is 10.5 Å². The summed E-state index contributed by atoms with van der Waals surface area (Å²) in [5.74, 6) is -0.232. The van der Waals surface area contributed by atoms with Crippen molar-refractivity contribution in [2.24, 2.45) is 0 Å². The molecule has 1 aromatic rings. The molecule has 0 atom stereocenters. The lowest BCUT2D eigenvalue weighted by Crippen LogP contribution is -2.04. The van der Waals surface area contributed by atoms with E-state index in [1.165, 1.54) is 7.11 Å². The number of nitrogen functional groups attached to an aromatic ring is 1. The van der Waals surface area contributed by atoms with Crippen LogP contribution in [0.3, 0.4) is 0 Å². The summed E-state index contributed by atoms with van der Waals surface area (Å²) in [5, 5.41) is 0. The molecule has 2 N–H and O–H groups in total. The van der Waals surface area contributed by atoms with Gasteiger partial charge in [-0.05, 0) is 24.1 Å². The topological polar surface area (TPSA) is 52.3 Å². The molecule has 0 amide bonds. The maximum Gasteiger partial charge on any atom is 0.309 e. The number of esters is 1. The van der Waals surface area contributed by atoms with Crippen molar-refractivity contribution < 1.29 is 9.53 Å². The van der Waals surface area contributed by atoms with Crippen LogP contribution in [0.25, 0.3) is 0 Å². The van der Waals surface area contributed by atoms with E-state index in [4.69, 9.17) is 5.73 Å². The predicted octanol–water partition coefficient (Wildman–Crippen LogP) is 1.71. The Morgan fingerprint density at radius 3 is 2.64 bits per heavy atom. The second kappa shape index (κ2) is 5.50. The minimum atomic E-state index is -0.232. The van der Waals surface area contributed by atoms with Gasteiger partial charge in [0.25, 0.3) is 0 Å². The van der Waals surface area contributed by atoms with Crippen LogP contribution in [0.4, 0.5) is 5.69 Å². The van der Waals surface area contributed by atoms with Gasteiger partial charge in [0.15, 0.2) is 0 Å². The first-order chi connectivity index (χ1) is 6.13. The Labute approximate surface area is 89.7 Å². The van der Waals surface area contributed by atoms with Gasteiger partial charge in [-0.3, -0.25) is 4.79 Å². The van der Waals surface area contributed by atoms with Crippen LogP contribution < -0.4 is 5.73 Å². The van der Waals surface area contributed by atoms with Crippen LogP contribution in [-0.2, 0) is 16.0 Å². The summed E-state index contributed by atoms with van der Waals surface area (Å²) in [5.41, 5.74) is 8.30. The highest BCUT2D eigenvalue weighted by molar-refractivity contribution is 5.85. The highest BCUT2D eigenvalue weighted by Crippen LogP contribution is 2.13. The fourth-order valence-electron chi connectivity index (χ4n) is 1.09. The number of rotatable bonds is 2. The average molecular weight is 216 g/mol. The van der Waals surface area contributed by atoms with Gasteiger partial charge in [0, 0.05) is 5.69 Å². The molecular weight excluding hydrogens is 202 g/mol. The molecule has 0 aliphatic carbocycles. The number of aryl methyl sites for hydroxylation is 1. The van der Waals surface area contributed by atoms with Crippen LogP contribution in [-0.4, -0.2) is 13.1 Å². The lowest BCUT2D eigenvalue weighted by Gasteiger charge is -2.03. The monoisotopic (exact) mass is 215 g/mol. The van der Waals surface area contributed by atoms with Crippen LogP contribution in [0.15, 0.2) is 18.2 Å². The van der Waals surface area contributed by atoms with E-state index in [1.54, 1.807) is 6.07 Å². The van der Waals surface area contributed by atoms with Gasteiger partial charge in [0.1, 0.15) is 0 Å². The van der Waals surface area contributed by atoms with Crippen molar-refractivity contribution in [1.82, 2.24) is 0 Å². The maximum absolute atomic E-state index is 10.9. The molecule has 1 aromatic carbocycles. The molecule has 0 saturated heterocycles. The molecule has 0 bridgehead atoms. The zero-order valence-electron chi connectivity index (χ0n) is 8.24. The summed E-state index contributed by atoms with van der Waals surface area (Å²) in [6, 6.07) is 5.53. The molecule has 0 aliphatic heterocycles. The van der Waals surface area contributed by atoms with Crippen LogP contribution >= 0.6 is 12.4 Å². The largest absolute Gasteiger partial charge is 0.469 e. The third-order valence-corrected chi connectivity index (χ3v) is 1.91. The van der Waals surface area contributed by atoms with Crippen molar-refractivity contribution >= 4 is 24.1 Å². The standard InChI is InChI=1S/C10H13NO2.ClH/c1-7-5-8(3-4-9(7)11)6-10(12)13-2;/h3-5H,6,11H2,1-2H3;1H. The molecule has 4 heteroatoms. The van der Waals surface area contributed by atoms with E-state index in [0.29, 0.717) is 6.42 Å². The van der Waals surface area contributed by atoms with E-state index in [9.17, 15) is 4.79 Å². The molecule has 0 radical (unpaired) electrons. The fraction of sp³-hybridized carbons (Fsp3) is 0.300. The van der Waals surface area contributed by atoms with Crippen LogP contribution in [0.2, 0.25) is 0 Å². The van der Waals surface area contributed by atoms with E-state index in [2.05, 4.69) is 4.74 Å². The zero-order valence-corrected chi connectivity index (χ0v) is 9.06. The zero-order chi connectivity index (χ0) is 9.84. The van der Waals surface area contributed by atoms with Gasteiger partial charge >= 0.3 is 5.97 Å². The highest BCUT2D eigenvalue weighted by atomic mass is 35.5. The van der Waals surface area contributed by atoms with Crippen LogP contribution in [0.5, 0.6) is 0 Å². The van der Waals surface area contributed by atoms with Crippen molar-refractivity contribution in [3.63, 3.8) is 0 Å². The normalized spacial score (nSPS) is 9.00. The molecule has 14 heavy (non-hydrogen) atoms. The molecule has 0 unspecified atom stereocenters. The SMILES string of the molecule is COC(=O)Cc1ccc(N)c(C)c1.Cl. The van der Waals surface area contributed by atoms with E-state index in [1.807, 2.05) is 19.1 Å². The number of halogens is 1. The summed E-state index contributed by atoms with van der Waals surface area (Å²) in [7, 11) is 1.38. The fourth-order valence-corrected chi connectivity index (χ4v) is 1.09. The number of nitrogens with two attached hydrogens (primary N) is 1. The molecule has 3 nitrogen and oxygen atoms in total. The molecule has 0 fully saturated rings. The number of hydrogen-bond acceptors (Lipinski definition) is 3. The summed E-state index contributed by atoms with van der Waals surface area (Å²) >= 11 is 0. The quantitative estimate of drug-likeness (QED) is 0.604. The lowest BCUT2D eigenvalue weighted by molar-refractivity contribution is -0.139. The third-order valence-electron chi connectivity index (χ3n) is 1.91. The van der Waals surface area contributed by atoms with Crippen molar-refractivity contribution in [3.05, 3.63) is 29.3 Å². The second-order valence-corrected chi connectivity index (χ2v) is 2.94. The van der Waals surface area contributed by atoms with Crippen molar-refractivity contribution in [2.75, 3.05) is 12.8 Å². The molecule has 0 aliphatic rings. The minimum absolute atomic E-state index is 0. The molecule has 0 aromatic heterocycles. The number of methoxy groups -OCH3 is 1. The lowest BCUT2D eigenvalue weighted by atomic mass is 10.1. The number of hydrogen-bond donors (Lipinski definition) is 1. The minimum Gasteiger partial charge on any atom is -0.469 e. The number of anilines is 1. The van der Waals surface area contributed by atoms with E-state index in [-0.39, 0.29) is 18.4 Å². The van der Waals surface area contributed by atoms with Crippen LogP contribution in [0, 0.1) is 6.92 Å². The Bertz CT molecular complexity index is 326. The molecule has 0 heterocycles. The molecule has 0 spiro atoms. The molecule has 1 rings (SSSR count). The summed E-state index contributed by atoms with van der Waals surface area (Å²) in [4.78, 5) is 10.9. The van der Waals surface area contributed by atoms with E-state index >= 15 is 0 Å². The molecular formula is C10H14ClNO2. The Hall–Kier alpha value is -1.22.